The molecule has 2 aromatic carbocycles. The van der Waals surface area contributed by atoms with Crippen molar-refractivity contribution in [1.82, 2.24) is 20.2 Å². The summed E-state index contributed by atoms with van der Waals surface area (Å²) < 4.78 is 0. The SMILES string of the molecule is C(=C\c1ccccc1)/C=N/Nc1nnc2c(n1)[nH]c1ccccc12. The summed E-state index contributed by atoms with van der Waals surface area (Å²) in [4.78, 5) is 7.61. The molecule has 2 aromatic heterocycles. The third kappa shape index (κ3) is 2.85. The first-order valence-electron chi connectivity index (χ1n) is 7.52. The van der Waals surface area contributed by atoms with E-state index >= 15 is 0 Å². The van der Waals surface area contributed by atoms with Crippen molar-refractivity contribution in [2.75, 3.05) is 5.43 Å². The quantitative estimate of drug-likeness (QED) is 0.445. The number of hydrazone groups is 1. The molecule has 2 heterocycles. The van der Waals surface area contributed by atoms with Gasteiger partial charge in [0.1, 0.15) is 5.52 Å². The zero-order valence-electron chi connectivity index (χ0n) is 12.7. The Hall–Kier alpha value is -3.54. The predicted molar refractivity (Wildman–Crippen MR) is 96.8 cm³/mol. The lowest BCUT2D eigenvalue weighted by Gasteiger charge is -1.96. The molecule has 0 amide bonds. The predicted octanol–water partition coefficient (Wildman–Crippen LogP) is 3.62. The van der Waals surface area contributed by atoms with Gasteiger partial charge in [0.05, 0.1) is 0 Å². The fraction of sp³-hybridized carbons (Fsp3) is 0. The fourth-order valence-electron chi connectivity index (χ4n) is 2.42. The summed E-state index contributed by atoms with van der Waals surface area (Å²) in [6, 6.07) is 17.9. The molecule has 4 rings (SSSR count). The number of H-pyrrole nitrogens is 1. The molecule has 4 aromatic rings. The average Bonchev–Trinajstić information content (AvgIpc) is 3.00. The molecule has 2 N–H and O–H groups in total. The molecule has 6 heteroatoms. The van der Waals surface area contributed by atoms with Crippen molar-refractivity contribution >= 4 is 40.3 Å². The van der Waals surface area contributed by atoms with Crippen LogP contribution in [0.1, 0.15) is 5.56 Å². The van der Waals surface area contributed by atoms with Crippen LogP contribution in [0.2, 0.25) is 0 Å². The molecule has 116 valence electrons. The van der Waals surface area contributed by atoms with E-state index in [1.807, 2.05) is 66.7 Å². The van der Waals surface area contributed by atoms with Gasteiger partial charge in [-0.05, 0) is 17.7 Å². The van der Waals surface area contributed by atoms with Crippen LogP contribution in [0.3, 0.4) is 0 Å². The Labute approximate surface area is 138 Å². The van der Waals surface area contributed by atoms with Crippen molar-refractivity contribution in [3.63, 3.8) is 0 Å². The summed E-state index contributed by atoms with van der Waals surface area (Å²) in [5.41, 5.74) is 6.32. The number of aromatic nitrogens is 4. The molecule has 0 spiro atoms. The smallest absolute Gasteiger partial charge is 0.265 e. The third-order valence-electron chi connectivity index (χ3n) is 3.54. The highest BCUT2D eigenvalue weighted by Gasteiger charge is 2.07. The molecule has 0 atom stereocenters. The number of hydrogen-bond acceptors (Lipinski definition) is 5. The topological polar surface area (TPSA) is 78.8 Å². The van der Waals surface area contributed by atoms with Crippen LogP contribution < -0.4 is 5.43 Å². The van der Waals surface area contributed by atoms with Gasteiger partial charge in [-0.3, -0.25) is 0 Å². The number of allylic oxidation sites excluding steroid dienone is 1. The maximum absolute atomic E-state index is 4.39. The van der Waals surface area contributed by atoms with E-state index in [4.69, 9.17) is 0 Å². The molecule has 0 saturated carbocycles. The summed E-state index contributed by atoms with van der Waals surface area (Å²) >= 11 is 0. The van der Waals surface area contributed by atoms with E-state index in [2.05, 4.69) is 30.7 Å². The lowest BCUT2D eigenvalue weighted by Crippen LogP contribution is -1.98. The number of para-hydroxylation sites is 1. The first-order chi connectivity index (χ1) is 11.9. The molecule has 24 heavy (non-hydrogen) atoms. The summed E-state index contributed by atoms with van der Waals surface area (Å²) in [7, 11) is 0. The van der Waals surface area contributed by atoms with Gasteiger partial charge in [-0.1, -0.05) is 54.6 Å². The molecule has 0 fully saturated rings. The number of aromatic amines is 1. The van der Waals surface area contributed by atoms with Crippen LogP contribution in [0.5, 0.6) is 0 Å². The normalized spacial score (nSPS) is 11.8. The van der Waals surface area contributed by atoms with Crippen molar-refractivity contribution in [3.8, 4) is 0 Å². The van der Waals surface area contributed by atoms with Gasteiger partial charge >= 0.3 is 0 Å². The Kier molecular flexibility index (Phi) is 3.69. The van der Waals surface area contributed by atoms with Crippen molar-refractivity contribution in [2.45, 2.75) is 0 Å². The molecule has 0 bridgehead atoms. The van der Waals surface area contributed by atoms with Crippen LogP contribution in [0.15, 0.2) is 65.8 Å². The summed E-state index contributed by atoms with van der Waals surface area (Å²) in [5.74, 6) is 0.346. The Bertz CT molecular complexity index is 1030. The lowest BCUT2D eigenvalue weighted by atomic mass is 10.2. The number of nitrogens with zero attached hydrogens (tertiary/aromatic N) is 4. The average molecular weight is 314 g/mol. The zero-order valence-corrected chi connectivity index (χ0v) is 12.7. The first-order valence-corrected chi connectivity index (χ1v) is 7.52. The van der Waals surface area contributed by atoms with Crippen molar-refractivity contribution < 1.29 is 0 Å². The van der Waals surface area contributed by atoms with E-state index in [1.54, 1.807) is 6.21 Å². The van der Waals surface area contributed by atoms with Crippen LogP contribution in [0.4, 0.5) is 5.95 Å². The second-order valence-corrected chi connectivity index (χ2v) is 5.16. The van der Waals surface area contributed by atoms with E-state index in [0.29, 0.717) is 11.6 Å². The molecular weight excluding hydrogens is 300 g/mol. The minimum absolute atomic E-state index is 0.346. The molecular formula is C18H14N6. The maximum Gasteiger partial charge on any atom is 0.265 e. The molecule has 0 unspecified atom stereocenters. The largest absolute Gasteiger partial charge is 0.338 e. The summed E-state index contributed by atoms with van der Waals surface area (Å²) in [6.45, 7) is 0. The second kappa shape index (κ2) is 6.29. The van der Waals surface area contributed by atoms with E-state index in [-0.39, 0.29) is 0 Å². The van der Waals surface area contributed by atoms with Gasteiger partial charge in [0.25, 0.3) is 5.95 Å². The van der Waals surface area contributed by atoms with Gasteiger partial charge in [-0.2, -0.15) is 10.1 Å². The number of rotatable bonds is 4. The lowest BCUT2D eigenvalue weighted by molar-refractivity contribution is 1.01. The van der Waals surface area contributed by atoms with E-state index < -0.39 is 0 Å². The zero-order chi connectivity index (χ0) is 16.2. The first kappa shape index (κ1) is 14.1. The standard InChI is InChI=1S/C18H14N6/c1-2-7-13(8-3-1)9-6-12-19-23-18-21-17-16(22-24-18)14-10-4-5-11-15(14)20-17/h1-12H,(H2,20,21,23,24)/b9-6+,19-12+. The second-order valence-electron chi connectivity index (χ2n) is 5.16. The number of hydrogen-bond donors (Lipinski definition) is 2. The third-order valence-corrected chi connectivity index (χ3v) is 3.54. The van der Waals surface area contributed by atoms with Crippen LogP contribution in [-0.2, 0) is 0 Å². The number of benzene rings is 2. The highest BCUT2D eigenvalue weighted by atomic mass is 15.4. The minimum atomic E-state index is 0.346. The Morgan fingerprint density at radius 2 is 1.79 bits per heavy atom. The van der Waals surface area contributed by atoms with E-state index in [1.165, 1.54) is 0 Å². The van der Waals surface area contributed by atoms with Crippen molar-refractivity contribution in [2.24, 2.45) is 5.10 Å². The molecule has 0 radical (unpaired) electrons. The molecule has 6 nitrogen and oxygen atoms in total. The molecule has 0 aliphatic carbocycles. The molecule has 0 aliphatic heterocycles. The Morgan fingerprint density at radius 3 is 2.71 bits per heavy atom. The summed E-state index contributed by atoms with van der Waals surface area (Å²) in [6.07, 6.45) is 5.45. The monoisotopic (exact) mass is 314 g/mol. The van der Waals surface area contributed by atoms with Crippen molar-refractivity contribution in [3.05, 3.63) is 66.2 Å². The van der Waals surface area contributed by atoms with Gasteiger partial charge in [-0.25, -0.2) is 5.43 Å². The van der Waals surface area contributed by atoms with Crippen LogP contribution in [0, 0.1) is 0 Å². The highest BCUT2D eigenvalue weighted by Crippen LogP contribution is 2.21. The minimum Gasteiger partial charge on any atom is -0.338 e. The highest BCUT2D eigenvalue weighted by molar-refractivity contribution is 6.03. The van der Waals surface area contributed by atoms with Crippen molar-refractivity contribution in [1.29, 1.82) is 0 Å². The van der Waals surface area contributed by atoms with Gasteiger partial charge < -0.3 is 4.98 Å². The number of fused-ring (bicyclic) bond motifs is 3. The van der Waals surface area contributed by atoms with E-state index in [9.17, 15) is 0 Å². The Morgan fingerprint density at radius 1 is 0.958 bits per heavy atom. The number of anilines is 1. The molecule has 0 saturated heterocycles. The van der Waals surface area contributed by atoms with Gasteiger partial charge in [-0.15, -0.1) is 10.2 Å². The van der Waals surface area contributed by atoms with E-state index in [0.717, 1.165) is 22.0 Å². The number of nitrogens with one attached hydrogen (secondary N) is 2. The van der Waals surface area contributed by atoms with Crippen LogP contribution in [-0.4, -0.2) is 26.4 Å². The van der Waals surface area contributed by atoms with Gasteiger partial charge in [0, 0.05) is 17.1 Å². The van der Waals surface area contributed by atoms with Crippen LogP contribution >= 0.6 is 0 Å². The Balaban J connectivity index is 1.49. The molecule has 0 aliphatic rings. The van der Waals surface area contributed by atoms with Gasteiger partial charge in [0.15, 0.2) is 5.65 Å². The van der Waals surface area contributed by atoms with Gasteiger partial charge in [0.2, 0.25) is 0 Å². The summed E-state index contributed by atoms with van der Waals surface area (Å²) in [5, 5.41) is 13.4. The fourth-order valence-corrected chi connectivity index (χ4v) is 2.42. The maximum atomic E-state index is 4.39. The van der Waals surface area contributed by atoms with Crippen LogP contribution in [0.25, 0.3) is 28.1 Å².